The zero-order valence-corrected chi connectivity index (χ0v) is 6.87. The van der Waals surface area contributed by atoms with Crippen molar-refractivity contribution in [3.63, 3.8) is 0 Å². The van der Waals surface area contributed by atoms with Crippen molar-refractivity contribution in [3.8, 4) is 0 Å². The molecule has 0 aliphatic carbocycles. The van der Waals surface area contributed by atoms with Crippen LogP contribution in [-0.4, -0.2) is 44.4 Å². The average molecular weight is 159 g/mol. The smallest absolute Gasteiger partial charge is 0.409 e. The van der Waals surface area contributed by atoms with E-state index in [1.54, 1.807) is 12.0 Å². The van der Waals surface area contributed by atoms with E-state index in [0.29, 0.717) is 6.54 Å². The minimum atomic E-state index is -0.260. The predicted molar refractivity (Wildman–Crippen MR) is 39.4 cm³/mol. The standard InChI is InChI=1S/C7H13NO3/c1-10-6-3-4-8(5-6)7(9)11-2/h6H,3-5H2,1-2H3/t6-/m0/s1. The van der Waals surface area contributed by atoms with Crippen LogP contribution in [0.1, 0.15) is 6.42 Å². The van der Waals surface area contributed by atoms with Gasteiger partial charge in [-0.2, -0.15) is 0 Å². The van der Waals surface area contributed by atoms with E-state index in [4.69, 9.17) is 4.74 Å². The lowest BCUT2D eigenvalue weighted by molar-refractivity contribution is 0.0974. The molecule has 1 fully saturated rings. The molecule has 1 aliphatic heterocycles. The molecular formula is C7H13NO3. The Morgan fingerprint density at radius 2 is 2.27 bits per heavy atom. The lowest BCUT2D eigenvalue weighted by Crippen LogP contribution is -2.29. The molecule has 0 saturated carbocycles. The van der Waals surface area contributed by atoms with Gasteiger partial charge in [-0.1, -0.05) is 0 Å². The first-order valence-corrected chi connectivity index (χ1v) is 3.63. The zero-order chi connectivity index (χ0) is 8.27. The van der Waals surface area contributed by atoms with Gasteiger partial charge in [0.15, 0.2) is 0 Å². The lowest BCUT2D eigenvalue weighted by atomic mass is 10.3. The fraction of sp³-hybridized carbons (Fsp3) is 0.857. The molecule has 4 nitrogen and oxygen atoms in total. The first kappa shape index (κ1) is 8.33. The van der Waals surface area contributed by atoms with Crippen LogP contribution in [0, 0.1) is 0 Å². The normalized spacial score (nSPS) is 23.8. The maximum Gasteiger partial charge on any atom is 0.409 e. The van der Waals surface area contributed by atoms with Crippen molar-refractivity contribution in [1.82, 2.24) is 4.90 Å². The highest BCUT2D eigenvalue weighted by molar-refractivity contribution is 5.67. The second kappa shape index (κ2) is 3.57. The van der Waals surface area contributed by atoms with E-state index in [-0.39, 0.29) is 12.2 Å². The lowest BCUT2D eigenvalue weighted by Gasteiger charge is -2.13. The van der Waals surface area contributed by atoms with Crippen LogP contribution >= 0.6 is 0 Å². The van der Waals surface area contributed by atoms with Crippen molar-refractivity contribution < 1.29 is 14.3 Å². The van der Waals surface area contributed by atoms with E-state index in [1.165, 1.54) is 7.11 Å². The Labute approximate surface area is 66.1 Å². The summed E-state index contributed by atoms with van der Waals surface area (Å²) >= 11 is 0. The predicted octanol–water partition coefficient (Wildman–Crippen LogP) is 0.474. The van der Waals surface area contributed by atoms with Crippen LogP contribution in [0.15, 0.2) is 0 Å². The Hall–Kier alpha value is -0.770. The number of rotatable bonds is 1. The van der Waals surface area contributed by atoms with E-state index >= 15 is 0 Å². The number of hydrogen-bond acceptors (Lipinski definition) is 3. The van der Waals surface area contributed by atoms with E-state index in [1.807, 2.05) is 0 Å². The molecule has 0 radical (unpaired) electrons. The Bertz CT molecular complexity index is 149. The van der Waals surface area contributed by atoms with Gasteiger partial charge in [-0.25, -0.2) is 4.79 Å². The second-order valence-corrected chi connectivity index (χ2v) is 2.56. The van der Waals surface area contributed by atoms with E-state index in [2.05, 4.69) is 4.74 Å². The Morgan fingerprint density at radius 3 is 2.73 bits per heavy atom. The third-order valence-corrected chi connectivity index (χ3v) is 1.91. The topological polar surface area (TPSA) is 38.8 Å². The Kier molecular flexibility index (Phi) is 2.70. The summed E-state index contributed by atoms with van der Waals surface area (Å²) < 4.78 is 9.64. The van der Waals surface area contributed by atoms with Crippen LogP contribution < -0.4 is 0 Å². The minimum Gasteiger partial charge on any atom is -0.453 e. The molecule has 1 atom stereocenters. The van der Waals surface area contributed by atoms with Gasteiger partial charge >= 0.3 is 6.09 Å². The van der Waals surface area contributed by atoms with Crippen LogP contribution in [0.2, 0.25) is 0 Å². The van der Waals surface area contributed by atoms with Crippen molar-refractivity contribution in [3.05, 3.63) is 0 Å². The molecule has 0 aromatic heterocycles. The Morgan fingerprint density at radius 1 is 1.55 bits per heavy atom. The molecular weight excluding hydrogens is 146 g/mol. The third kappa shape index (κ3) is 1.83. The molecule has 11 heavy (non-hydrogen) atoms. The van der Waals surface area contributed by atoms with Gasteiger partial charge < -0.3 is 14.4 Å². The van der Waals surface area contributed by atoms with Crippen LogP contribution in [0.3, 0.4) is 0 Å². The van der Waals surface area contributed by atoms with Crippen molar-refractivity contribution in [1.29, 1.82) is 0 Å². The molecule has 0 spiro atoms. The second-order valence-electron chi connectivity index (χ2n) is 2.56. The number of amides is 1. The molecule has 1 aliphatic rings. The van der Waals surface area contributed by atoms with E-state index in [9.17, 15) is 4.79 Å². The maximum absolute atomic E-state index is 10.9. The summed E-state index contributed by atoms with van der Waals surface area (Å²) in [5, 5.41) is 0. The highest BCUT2D eigenvalue weighted by atomic mass is 16.5. The van der Waals surface area contributed by atoms with Crippen molar-refractivity contribution in [2.45, 2.75) is 12.5 Å². The number of ether oxygens (including phenoxy) is 2. The fourth-order valence-electron chi connectivity index (χ4n) is 1.22. The van der Waals surface area contributed by atoms with Gasteiger partial charge in [-0.15, -0.1) is 0 Å². The number of carbonyl (C=O) groups excluding carboxylic acids is 1. The Balaban J connectivity index is 2.35. The van der Waals surface area contributed by atoms with Gasteiger partial charge in [-0.05, 0) is 6.42 Å². The highest BCUT2D eigenvalue weighted by Gasteiger charge is 2.26. The first-order valence-electron chi connectivity index (χ1n) is 3.63. The zero-order valence-electron chi connectivity index (χ0n) is 6.87. The number of carbonyl (C=O) groups is 1. The van der Waals surface area contributed by atoms with Crippen LogP contribution in [0.5, 0.6) is 0 Å². The molecule has 1 saturated heterocycles. The van der Waals surface area contributed by atoms with Gasteiger partial charge in [0.05, 0.1) is 19.8 Å². The molecule has 1 rings (SSSR count). The van der Waals surface area contributed by atoms with Gasteiger partial charge in [0.25, 0.3) is 0 Å². The fourth-order valence-corrected chi connectivity index (χ4v) is 1.22. The summed E-state index contributed by atoms with van der Waals surface area (Å²) in [5.74, 6) is 0. The van der Waals surface area contributed by atoms with Gasteiger partial charge in [0, 0.05) is 13.7 Å². The molecule has 64 valence electrons. The third-order valence-electron chi connectivity index (χ3n) is 1.91. The van der Waals surface area contributed by atoms with E-state index < -0.39 is 0 Å². The van der Waals surface area contributed by atoms with Crippen molar-refractivity contribution in [2.24, 2.45) is 0 Å². The van der Waals surface area contributed by atoms with Crippen LogP contribution in [-0.2, 0) is 9.47 Å². The largest absolute Gasteiger partial charge is 0.453 e. The number of nitrogens with zero attached hydrogens (tertiary/aromatic N) is 1. The SMILES string of the molecule is COC(=O)N1CC[C@H](OC)C1. The quantitative estimate of drug-likeness (QED) is 0.558. The molecule has 1 heterocycles. The molecule has 0 unspecified atom stereocenters. The number of likely N-dealkylation sites (tertiary alicyclic amines) is 1. The van der Waals surface area contributed by atoms with Crippen LogP contribution in [0.25, 0.3) is 0 Å². The van der Waals surface area contributed by atoms with Gasteiger partial charge in [0.1, 0.15) is 0 Å². The number of hydrogen-bond donors (Lipinski definition) is 0. The van der Waals surface area contributed by atoms with Gasteiger partial charge in [-0.3, -0.25) is 0 Å². The number of methoxy groups -OCH3 is 2. The molecule has 4 heteroatoms. The summed E-state index contributed by atoms with van der Waals surface area (Å²) in [6.07, 6.45) is 0.838. The molecule has 0 N–H and O–H groups in total. The van der Waals surface area contributed by atoms with Gasteiger partial charge in [0.2, 0.25) is 0 Å². The highest BCUT2D eigenvalue weighted by Crippen LogP contribution is 2.11. The molecule has 0 aromatic rings. The summed E-state index contributed by atoms with van der Waals surface area (Å²) in [7, 11) is 3.05. The monoisotopic (exact) mass is 159 g/mol. The average Bonchev–Trinajstić information content (AvgIpc) is 2.50. The summed E-state index contributed by atoms with van der Waals surface area (Å²) in [4.78, 5) is 12.6. The summed E-state index contributed by atoms with van der Waals surface area (Å²) in [6.45, 7) is 1.40. The van der Waals surface area contributed by atoms with E-state index in [0.717, 1.165) is 13.0 Å². The van der Waals surface area contributed by atoms with Crippen LogP contribution in [0.4, 0.5) is 4.79 Å². The van der Waals surface area contributed by atoms with Crippen molar-refractivity contribution >= 4 is 6.09 Å². The first-order chi connectivity index (χ1) is 5.27. The molecule has 0 bridgehead atoms. The minimum absolute atomic E-state index is 0.189. The summed E-state index contributed by atoms with van der Waals surface area (Å²) in [6, 6.07) is 0. The summed E-state index contributed by atoms with van der Waals surface area (Å²) in [5.41, 5.74) is 0. The molecule has 0 aromatic carbocycles. The molecule has 1 amide bonds. The van der Waals surface area contributed by atoms with Crippen molar-refractivity contribution in [2.75, 3.05) is 27.3 Å². The maximum atomic E-state index is 10.9.